The van der Waals surface area contributed by atoms with E-state index in [2.05, 4.69) is 46.2 Å². The highest BCUT2D eigenvalue weighted by atomic mass is 35.5. The van der Waals surface area contributed by atoms with Crippen LogP contribution in [0.1, 0.15) is 35.2 Å². The zero-order valence-corrected chi connectivity index (χ0v) is 16.4. The van der Waals surface area contributed by atoms with Crippen molar-refractivity contribution < 1.29 is 4.79 Å². The van der Waals surface area contributed by atoms with Gasteiger partial charge in [-0.1, -0.05) is 22.9 Å². The second-order valence-electron chi connectivity index (χ2n) is 6.77. The molecule has 0 saturated carbocycles. The van der Waals surface area contributed by atoms with E-state index in [1.807, 2.05) is 0 Å². The lowest BCUT2D eigenvalue weighted by Crippen LogP contribution is -2.20. The van der Waals surface area contributed by atoms with Gasteiger partial charge in [0, 0.05) is 31.4 Å². The molecule has 3 heterocycles. The number of rotatable bonds is 5. The minimum Gasteiger partial charge on any atom is -0.302 e. The van der Waals surface area contributed by atoms with Crippen molar-refractivity contribution >= 4 is 34.0 Å². The quantitative estimate of drug-likeness (QED) is 0.858. The van der Waals surface area contributed by atoms with Crippen molar-refractivity contribution in [2.45, 2.75) is 40.2 Å². The number of anilines is 1. The van der Waals surface area contributed by atoms with Crippen molar-refractivity contribution in [2.75, 3.05) is 18.4 Å². The minimum absolute atomic E-state index is 0.124. The number of aromatic nitrogens is 2. The van der Waals surface area contributed by atoms with Crippen molar-refractivity contribution in [3.8, 4) is 0 Å². The Hall–Kier alpha value is -1.50. The van der Waals surface area contributed by atoms with E-state index < -0.39 is 0 Å². The van der Waals surface area contributed by atoms with Gasteiger partial charge in [0.25, 0.3) is 0 Å². The molecule has 1 saturated heterocycles. The van der Waals surface area contributed by atoms with Crippen LogP contribution in [-0.4, -0.2) is 33.9 Å². The van der Waals surface area contributed by atoms with Gasteiger partial charge in [0.15, 0.2) is 5.13 Å². The molecule has 5 nitrogen and oxygen atoms in total. The molecule has 1 amide bonds. The van der Waals surface area contributed by atoms with Crippen LogP contribution in [0.15, 0.2) is 12.1 Å². The largest absolute Gasteiger partial charge is 0.302 e. The first-order chi connectivity index (χ1) is 11.9. The summed E-state index contributed by atoms with van der Waals surface area (Å²) in [6, 6.07) is 4.38. The Morgan fingerprint density at radius 1 is 1.36 bits per heavy atom. The van der Waals surface area contributed by atoms with Gasteiger partial charge in [0.05, 0.1) is 4.88 Å². The van der Waals surface area contributed by atoms with E-state index in [1.165, 1.54) is 30.2 Å². The maximum absolute atomic E-state index is 11.1. The maximum atomic E-state index is 11.1. The Morgan fingerprint density at radius 2 is 2.08 bits per heavy atom. The van der Waals surface area contributed by atoms with Crippen molar-refractivity contribution in [1.29, 1.82) is 0 Å². The molecular weight excluding hydrogens is 356 g/mol. The number of pyridine rings is 1. The van der Waals surface area contributed by atoms with Crippen LogP contribution in [0.25, 0.3) is 0 Å². The zero-order chi connectivity index (χ0) is 18.0. The SMILES string of the molecule is CC(=O)Nc1nc(Cl)c(CN2CC[C@H](Cc3cc(C)nc(C)c3)C2)s1. The second-order valence-corrected chi connectivity index (χ2v) is 8.21. The number of nitrogens with zero attached hydrogens (tertiary/aromatic N) is 3. The second kappa shape index (κ2) is 7.81. The number of hydrogen-bond donors (Lipinski definition) is 1. The Bertz CT molecular complexity index is 756. The van der Waals surface area contributed by atoms with Gasteiger partial charge in [0.2, 0.25) is 5.91 Å². The Labute approximate surface area is 157 Å². The molecular formula is C18H23ClN4OS. The molecule has 0 spiro atoms. The molecule has 25 heavy (non-hydrogen) atoms. The summed E-state index contributed by atoms with van der Waals surface area (Å²) in [5, 5.41) is 3.78. The first-order valence-electron chi connectivity index (χ1n) is 8.48. The topological polar surface area (TPSA) is 58.1 Å². The van der Waals surface area contributed by atoms with Crippen LogP contribution in [0.4, 0.5) is 5.13 Å². The van der Waals surface area contributed by atoms with Gasteiger partial charge in [-0.3, -0.25) is 14.7 Å². The smallest absolute Gasteiger partial charge is 0.223 e. The molecule has 1 aliphatic rings. The lowest BCUT2D eigenvalue weighted by atomic mass is 9.98. The summed E-state index contributed by atoms with van der Waals surface area (Å²) in [5.74, 6) is 0.531. The zero-order valence-electron chi connectivity index (χ0n) is 14.8. The molecule has 1 fully saturated rings. The van der Waals surface area contributed by atoms with Gasteiger partial charge in [-0.15, -0.1) is 0 Å². The molecule has 2 aromatic rings. The van der Waals surface area contributed by atoms with E-state index >= 15 is 0 Å². The van der Waals surface area contributed by atoms with Gasteiger partial charge in [-0.25, -0.2) is 4.98 Å². The predicted molar refractivity (Wildman–Crippen MR) is 102 cm³/mol. The molecule has 0 bridgehead atoms. The van der Waals surface area contributed by atoms with E-state index in [-0.39, 0.29) is 5.91 Å². The molecule has 2 aromatic heterocycles. The Kier molecular flexibility index (Phi) is 5.71. The van der Waals surface area contributed by atoms with Crippen LogP contribution in [0.3, 0.4) is 0 Å². The number of amides is 1. The molecule has 1 N–H and O–H groups in total. The lowest BCUT2D eigenvalue weighted by Gasteiger charge is -2.15. The fourth-order valence-electron chi connectivity index (χ4n) is 3.43. The molecule has 134 valence electrons. The van der Waals surface area contributed by atoms with Crippen LogP contribution in [0.5, 0.6) is 0 Å². The third kappa shape index (κ3) is 5.00. The number of halogens is 1. The third-order valence-corrected chi connectivity index (χ3v) is 5.72. The summed E-state index contributed by atoms with van der Waals surface area (Å²) in [6.45, 7) is 8.50. The Morgan fingerprint density at radius 3 is 2.76 bits per heavy atom. The molecule has 7 heteroatoms. The van der Waals surface area contributed by atoms with E-state index in [4.69, 9.17) is 11.6 Å². The fourth-order valence-corrected chi connectivity index (χ4v) is 4.69. The van der Waals surface area contributed by atoms with Gasteiger partial charge in [-0.05, 0) is 56.8 Å². The molecule has 0 aromatic carbocycles. The van der Waals surface area contributed by atoms with Crippen molar-refractivity contribution in [3.05, 3.63) is 39.1 Å². The van der Waals surface area contributed by atoms with Gasteiger partial charge >= 0.3 is 0 Å². The van der Waals surface area contributed by atoms with Crippen molar-refractivity contribution in [2.24, 2.45) is 5.92 Å². The van der Waals surface area contributed by atoms with E-state index in [1.54, 1.807) is 0 Å². The molecule has 3 rings (SSSR count). The summed E-state index contributed by atoms with van der Waals surface area (Å²) in [5.41, 5.74) is 3.55. The van der Waals surface area contributed by atoms with Crippen LogP contribution in [0, 0.1) is 19.8 Å². The van der Waals surface area contributed by atoms with Crippen molar-refractivity contribution in [1.82, 2.24) is 14.9 Å². The van der Waals surface area contributed by atoms with Crippen LogP contribution in [-0.2, 0) is 17.8 Å². The summed E-state index contributed by atoms with van der Waals surface area (Å²) >= 11 is 7.68. The van der Waals surface area contributed by atoms with Gasteiger partial charge < -0.3 is 5.32 Å². The summed E-state index contributed by atoms with van der Waals surface area (Å²) in [6.07, 6.45) is 2.28. The predicted octanol–water partition coefficient (Wildman–Crippen LogP) is 3.83. The van der Waals surface area contributed by atoms with Crippen LogP contribution in [0.2, 0.25) is 5.15 Å². The average molecular weight is 379 g/mol. The van der Waals surface area contributed by atoms with Gasteiger partial charge in [-0.2, -0.15) is 0 Å². The molecule has 1 atom stereocenters. The summed E-state index contributed by atoms with van der Waals surface area (Å²) in [4.78, 5) is 23.2. The minimum atomic E-state index is -0.124. The number of thiazole rings is 1. The van der Waals surface area contributed by atoms with E-state index in [0.717, 1.165) is 42.3 Å². The highest BCUT2D eigenvalue weighted by Crippen LogP contribution is 2.30. The normalized spacial score (nSPS) is 17.8. The highest BCUT2D eigenvalue weighted by molar-refractivity contribution is 7.16. The molecule has 0 aliphatic carbocycles. The number of likely N-dealkylation sites (tertiary alicyclic amines) is 1. The number of carbonyl (C=O) groups is 1. The number of aryl methyl sites for hydroxylation is 2. The highest BCUT2D eigenvalue weighted by Gasteiger charge is 2.24. The third-order valence-electron chi connectivity index (χ3n) is 4.34. The van der Waals surface area contributed by atoms with E-state index in [0.29, 0.717) is 16.2 Å². The summed E-state index contributed by atoms with van der Waals surface area (Å²) in [7, 11) is 0. The number of hydrogen-bond acceptors (Lipinski definition) is 5. The van der Waals surface area contributed by atoms with Crippen LogP contribution < -0.4 is 5.32 Å². The van der Waals surface area contributed by atoms with Gasteiger partial charge in [0.1, 0.15) is 5.15 Å². The maximum Gasteiger partial charge on any atom is 0.223 e. The number of carbonyl (C=O) groups excluding carboxylic acids is 1. The van der Waals surface area contributed by atoms with E-state index in [9.17, 15) is 4.79 Å². The molecule has 1 aliphatic heterocycles. The first kappa shape index (κ1) is 18.3. The average Bonchev–Trinajstić information content (AvgIpc) is 3.05. The summed E-state index contributed by atoms with van der Waals surface area (Å²) < 4.78 is 0. The van der Waals surface area contributed by atoms with Crippen LogP contribution >= 0.6 is 22.9 Å². The standard InChI is InChI=1S/C18H23ClN4OS/c1-11-6-15(7-12(2)20-11)8-14-4-5-23(9-14)10-16-17(19)22-18(25-16)21-13(3)24/h6-7,14H,4-5,8-10H2,1-3H3,(H,21,22,24)/t14-/m1/s1. The molecule has 0 unspecified atom stereocenters. The monoisotopic (exact) mass is 378 g/mol. The number of nitrogens with one attached hydrogen (secondary N) is 1. The fraction of sp³-hybridized carbons (Fsp3) is 0.500. The lowest BCUT2D eigenvalue weighted by molar-refractivity contribution is -0.114. The Balaban J connectivity index is 1.58. The molecule has 0 radical (unpaired) electrons. The first-order valence-corrected chi connectivity index (χ1v) is 9.68. The van der Waals surface area contributed by atoms with Crippen molar-refractivity contribution in [3.63, 3.8) is 0 Å².